The molecular weight excluding hydrogens is 378 g/mol. The molecular formula is C17H14BrNO5. The Hall–Kier alpha value is -2.67. The van der Waals surface area contributed by atoms with Crippen LogP contribution in [0.15, 0.2) is 46.9 Å². The first-order valence-electron chi connectivity index (χ1n) is 6.84. The summed E-state index contributed by atoms with van der Waals surface area (Å²) >= 11 is 3.30. The summed E-state index contributed by atoms with van der Waals surface area (Å²) in [6.45, 7) is 0. The van der Waals surface area contributed by atoms with E-state index in [1.165, 1.54) is 32.4 Å². The molecule has 2 aromatic carbocycles. The number of esters is 2. The molecule has 0 saturated carbocycles. The van der Waals surface area contributed by atoms with Gasteiger partial charge in [0.2, 0.25) is 0 Å². The predicted octanol–water partition coefficient (Wildman–Crippen LogP) is 3.27. The first kappa shape index (κ1) is 17.7. The van der Waals surface area contributed by atoms with Gasteiger partial charge in [0, 0.05) is 10.2 Å². The maximum Gasteiger partial charge on any atom is 0.337 e. The quantitative estimate of drug-likeness (QED) is 0.808. The highest BCUT2D eigenvalue weighted by Crippen LogP contribution is 2.20. The molecule has 2 rings (SSSR count). The van der Waals surface area contributed by atoms with E-state index in [1.807, 2.05) is 0 Å². The Bertz CT molecular complexity index is 769. The average molecular weight is 392 g/mol. The van der Waals surface area contributed by atoms with Gasteiger partial charge in [-0.2, -0.15) is 0 Å². The fourth-order valence-corrected chi connectivity index (χ4v) is 2.48. The Balaban J connectivity index is 2.38. The van der Waals surface area contributed by atoms with Gasteiger partial charge in [-0.25, -0.2) is 9.59 Å². The highest BCUT2D eigenvalue weighted by atomic mass is 79.9. The molecule has 0 unspecified atom stereocenters. The maximum atomic E-state index is 12.4. The van der Waals surface area contributed by atoms with E-state index in [0.717, 1.165) is 0 Å². The van der Waals surface area contributed by atoms with Crippen LogP contribution < -0.4 is 5.32 Å². The molecule has 1 amide bonds. The van der Waals surface area contributed by atoms with E-state index < -0.39 is 11.9 Å². The lowest BCUT2D eigenvalue weighted by Crippen LogP contribution is -2.14. The van der Waals surface area contributed by atoms with Gasteiger partial charge in [-0.15, -0.1) is 0 Å². The minimum atomic E-state index is -0.628. The Morgan fingerprint density at radius 3 is 1.96 bits per heavy atom. The van der Waals surface area contributed by atoms with Crippen molar-refractivity contribution in [3.05, 3.63) is 63.6 Å². The Labute approximate surface area is 146 Å². The summed E-state index contributed by atoms with van der Waals surface area (Å²) in [6.07, 6.45) is 0. The van der Waals surface area contributed by atoms with Crippen molar-refractivity contribution in [3.8, 4) is 0 Å². The number of halogens is 1. The van der Waals surface area contributed by atoms with Crippen molar-refractivity contribution in [1.82, 2.24) is 0 Å². The van der Waals surface area contributed by atoms with Crippen LogP contribution in [-0.2, 0) is 9.47 Å². The Morgan fingerprint density at radius 1 is 0.917 bits per heavy atom. The van der Waals surface area contributed by atoms with Gasteiger partial charge in [-0.1, -0.05) is 12.1 Å². The second-order valence-electron chi connectivity index (χ2n) is 4.72. The van der Waals surface area contributed by atoms with Gasteiger partial charge in [0.15, 0.2) is 0 Å². The van der Waals surface area contributed by atoms with E-state index in [0.29, 0.717) is 10.0 Å². The number of anilines is 1. The molecule has 1 N–H and O–H groups in total. The van der Waals surface area contributed by atoms with Crippen LogP contribution in [0.4, 0.5) is 5.69 Å². The van der Waals surface area contributed by atoms with Crippen molar-refractivity contribution >= 4 is 39.5 Å². The summed E-state index contributed by atoms with van der Waals surface area (Å²) in [5, 5.41) is 2.65. The Morgan fingerprint density at radius 2 is 1.46 bits per heavy atom. The number of rotatable bonds is 4. The van der Waals surface area contributed by atoms with Crippen LogP contribution in [0.5, 0.6) is 0 Å². The SMILES string of the molecule is COC(=O)c1cc(NC(=O)c2ccccc2Br)cc(C(=O)OC)c1. The van der Waals surface area contributed by atoms with Gasteiger partial charge in [-0.05, 0) is 46.3 Å². The maximum absolute atomic E-state index is 12.4. The van der Waals surface area contributed by atoms with Crippen molar-refractivity contribution in [1.29, 1.82) is 0 Å². The largest absolute Gasteiger partial charge is 0.465 e. The monoisotopic (exact) mass is 391 g/mol. The van der Waals surface area contributed by atoms with E-state index in [1.54, 1.807) is 24.3 Å². The summed E-state index contributed by atoms with van der Waals surface area (Å²) < 4.78 is 9.94. The topological polar surface area (TPSA) is 81.7 Å². The van der Waals surface area contributed by atoms with E-state index in [2.05, 4.69) is 30.7 Å². The van der Waals surface area contributed by atoms with Crippen molar-refractivity contribution < 1.29 is 23.9 Å². The molecule has 0 aliphatic carbocycles. The number of nitrogens with one attached hydrogen (secondary N) is 1. The molecule has 0 aliphatic heterocycles. The molecule has 24 heavy (non-hydrogen) atoms. The molecule has 0 bridgehead atoms. The minimum absolute atomic E-state index is 0.128. The van der Waals surface area contributed by atoms with Gasteiger partial charge in [0.25, 0.3) is 5.91 Å². The van der Waals surface area contributed by atoms with Gasteiger partial charge < -0.3 is 14.8 Å². The highest BCUT2D eigenvalue weighted by Gasteiger charge is 2.16. The summed E-state index contributed by atoms with van der Waals surface area (Å²) in [6, 6.07) is 11.1. The average Bonchev–Trinajstić information content (AvgIpc) is 2.60. The zero-order valence-electron chi connectivity index (χ0n) is 13.0. The summed E-state index contributed by atoms with van der Waals surface area (Å²) in [4.78, 5) is 35.9. The molecule has 0 atom stereocenters. The first-order valence-corrected chi connectivity index (χ1v) is 7.63. The number of amides is 1. The van der Waals surface area contributed by atoms with Crippen molar-refractivity contribution in [2.75, 3.05) is 19.5 Å². The fourth-order valence-electron chi connectivity index (χ4n) is 2.01. The van der Waals surface area contributed by atoms with Gasteiger partial charge >= 0.3 is 11.9 Å². The number of hydrogen-bond donors (Lipinski definition) is 1. The third-order valence-corrected chi connectivity index (χ3v) is 3.84. The van der Waals surface area contributed by atoms with Gasteiger partial charge in [0.1, 0.15) is 0 Å². The van der Waals surface area contributed by atoms with E-state index >= 15 is 0 Å². The van der Waals surface area contributed by atoms with Crippen LogP contribution in [-0.4, -0.2) is 32.1 Å². The summed E-state index contributed by atoms with van der Waals surface area (Å²) in [5.74, 6) is -1.64. The molecule has 0 saturated heterocycles. The second kappa shape index (κ2) is 7.74. The standard InChI is InChI=1S/C17H14BrNO5/c1-23-16(21)10-7-11(17(22)24-2)9-12(8-10)19-15(20)13-5-3-4-6-14(13)18/h3-9H,1-2H3,(H,19,20). The summed E-state index contributed by atoms with van der Waals surface area (Å²) in [7, 11) is 2.46. The highest BCUT2D eigenvalue weighted by molar-refractivity contribution is 9.10. The summed E-state index contributed by atoms with van der Waals surface area (Å²) in [5.41, 5.74) is 0.949. The molecule has 124 valence electrons. The molecule has 0 aromatic heterocycles. The molecule has 0 heterocycles. The van der Waals surface area contributed by atoms with Crippen LogP contribution in [0.1, 0.15) is 31.1 Å². The van der Waals surface area contributed by atoms with Crippen molar-refractivity contribution in [3.63, 3.8) is 0 Å². The number of ether oxygens (including phenoxy) is 2. The third-order valence-electron chi connectivity index (χ3n) is 3.15. The zero-order valence-corrected chi connectivity index (χ0v) is 14.5. The van der Waals surface area contributed by atoms with Crippen LogP contribution in [0.2, 0.25) is 0 Å². The van der Waals surface area contributed by atoms with Crippen molar-refractivity contribution in [2.24, 2.45) is 0 Å². The van der Waals surface area contributed by atoms with E-state index in [4.69, 9.17) is 0 Å². The smallest absolute Gasteiger partial charge is 0.337 e. The van der Waals surface area contributed by atoms with Crippen molar-refractivity contribution in [2.45, 2.75) is 0 Å². The Kier molecular flexibility index (Phi) is 5.70. The third kappa shape index (κ3) is 3.99. The number of carbonyl (C=O) groups excluding carboxylic acids is 3. The van der Waals surface area contributed by atoms with Crippen LogP contribution in [0, 0.1) is 0 Å². The lowest BCUT2D eigenvalue weighted by Gasteiger charge is -2.10. The first-order chi connectivity index (χ1) is 11.5. The number of carbonyl (C=O) groups is 3. The fraction of sp³-hybridized carbons (Fsp3) is 0.118. The second-order valence-corrected chi connectivity index (χ2v) is 5.57. The number of hydrogen-bond acceptors (Lipinski definition) is 5. The van der Waals surface area contributed by atoms with E-state index in [-0.39, 0.29) is 22.7 Å². The van der Waals surface area contributed by atoms with Crippen LogP contribution >= 0.6 is 15.9 Å². The lowest BCUT2D eigenvalue weighted by atomic mass is 10.1. The molecule has 0 fully saturated rings. The molecule has 2 aromatic rings. The van der Waals surface area contributed by atoms with Gasteiger partial charge in [0.05, 0.1) is 30.9 Å². The molecule has 6 nitrogen and oxygen atoms in total. The lowest BCUT2D eigenvalue weighted by molar-refractivity contribution is 0.0599. The molecule has 7 heteroatoms. The normalized spacial score (nSPS) is 9.96. The van der Waals surface area contributed by atoms with Gasteiger partial charge in [-0.3, -0.25) is 4.79 Å². The molecule has 0 spiro atoms. The van der Waals surface area contributed by atoms with E-state index in [9.17, 15) is 14.4 Å². The van der Waals surface area contributed by atoms with Crippen LogP contribution in [0.3, 0.4) is 0 Å². The minimum Gasteiger partial charge on any atom is -0.465 e. The predicted molar refractivity (Wildman–Crippen MR) is 91.2 cm³/mol. The molecule has 0 radical (unpaired) electrons. The zero-order chi connectivity index (χ0) is 17.7. The van der Waals surface area contributed by atoms with Crippen LogP contribution in [0.25, 0.3) is 0 Å². The number of benzene rings is 2. The number of methoxy groups -OCH3 is 2. The molecule has 0 aliphatic rings.